The normalized spacial score (nSPS) is 11.1. The first kappa shape index (κ1) is 10.8. The molecule has 0 aromatic heterocycles. The Kier molecular flexibility index (Phi) is 2.97. The average Bonchev–Trinajstić information content (AvgIpc) is 2.06. The van der Waals surface area contributed by atoms with Gasteiger partial charge in [0, 0.05) is 0 Å². The smallest absolute Gasteiger partial charge is 0.357 e. The molecule has 78 valence electrons. The van der Waals surface area contributed by atoms with Crippen molar-refractivity contribution in [2.24, 2.45) is 0 Å². The summed E-state index contributed by atoms with van der Waals surface area (Å²) in [6, 6.07) is 4.77. The van der Waals surface area contributed by atoms with Crippen molar-refractivity contribution in [2.45, 2.75) is 6.92 Å². The number of anilines is 1. The second-order valence-electron chi connectivity index (χ2n) is 2.76. The van der Waals surface area contributed by atoms with E-state index in [1.165, 1.54) is 13.2 Å². The first-order valence-corrected chi connectivity index (χ1v) is 5.26. The van der Waals surface area contributed by atoms with E-state index in [0.717, 1.165) is 0 Å². The van der Waals surface area contributed by atoms with E-state index in [0.29, 0.717) is 17.0 Å². The lowest BCUT2D eigenvalue weighted by molar-refractivity contribution is 0.414. The van der Waals surface area contributed by atoms with Crippen LogP contribution < -0.4 is 9.46 Å². The van der Waals surface area contributed by atoms with Gasteiger partial charge >= 0.3 is 10.3 Å². The van der Waals surface area contributed by atoms with Gasteiger partial charge in [-0.25, -0.2) is 0 Å². The maximum absolute atomic E-state index is 10.5. The van der Waals surface area contributed by atoms with Crippen molar-refractivity contribution < 1.29 is 17.7 Å². The molecule has 0 saturated carbocycles. The third-order valence-electron chi connectivity index (χ3n) is 1.67. The summed E-state index contributed by atoms with van der Waals surface area (Å²) >= 11 is 0. The molecule has 0 saturated heterocycles. The Morgan fingerprint density at radius 1 is 1.43 bits per heavy atom. The number of benzene rings is 1. The summed E-state index contributed by atoms with van der Waals surface area (Å²) < 4.78 is 36.5. The Hall–Kier alpha value is -1.27. The van der Waals surface area contributed by atoms with Crippen LogP contribution in [0.15, 0.2) is 18.2 Å². The van der Waals surface area contributed by atoms with Gasteiger partial charge in [-0.1, -0.05) is 0 Å². The predicted octanol–water partition coefficient (Wildman–Crippen LogP) is 1.22. The average molecular weight is 217 g/mol. The van der Waals surface area contributed by atoms with Crippen LogP contribution in [0.4, 0.5) is 5.69 Å². The summed E-state index contributed by atoms with van der Waals surface area (Å²) in [4.78, 5) is 0. The zero-order chi connectivity index (χ0) is 10.8. The summed E-state index contributed by atoms with van der Waals surface area (Å²) in [6.07, 6.45) is 0. The third kappa shape index (κ3) is 2.90. The lowest BCUT2D eigenvalue weighted by atomic mass is 10.2. The van der Waals surface area contributed by atoms with Crippen LogP contribution in [0.2, 0.25) is 0 Å². The molecule has 1 rings (SSSR count). The first-order valence-electron chi connectivity index (χ1n) is 3.82. The highest BCUT2D eigenvalue weighted by Crippen LogP contribution is 2.21. The minimum Gasteiger partial charge on any atom is -0.497 e. The second kappa shape index (κ2) is 3.85. The Bertz CT molecular complexity index is 427. The van der Waals surface area contributed by atoms with Crippen molar-refractivity contribution in [2.75, 3.05) is 11.8 Å². The molecule has 0 aliphatic heterocycles. The molecule has 14 heavy (non-hydrogen) atoms. The van der Waals surface area contributed by atoms with Crippen LogP contribution in [0.25, 0.3) is 0 Å². The highest BCUT2D eigenvalue weighted by atomic mass is 32.2. The molecule has 0 radical (unpaired) electrons. The fourth-order valence-corrected chi connectivity index (χ4v) is 1.52. The molecule has 1 aromatic carbocycles. The zero-order valence-corrected chi connectivity index (χ0v) is 8.63. The standard InChI is InChI=1S/C8H11NO4S/c1-6-5-7(13-2)3-4-8(6)9-14(10,11)12/h3-5,9H,1-2H3,(H,10,11,12). The van der Waals surface area contributed by atoms with Gasteiger partial charge in [0.1, 0.15) is 5.75 Å². The van der Waals surface area contributed by atoms with E-state index in [-0.39, 0.29) is 0 Å². The van der Waals surface area contributed by atoms with Gasteiger partial charge in [-0.3, -0.25) is 9.27 Å². The second-order valence-corrected chi connectivity index (χ2v) is 3.91. The van der Waals surface area contributed by atoms with E-state index < -0.39 is 10.3 Å². The van der Waals surface area contributed by atoms with Crippen molar-refractivity contribution in [3.8, 4) is 5.75 Å². The molecule has 5 nitrogen and oxygen atoms in total. The quantitative estimate of drug-likeness (QED) is 0.746. The highest BCUT2D eigenvalue weighted by Gasteiger charge is 2.06. The largest absolute Gasteiger partial charge is 0.497 e. The van der Waals surface area contributed by atoms with Crippen molar-refractivity contribution in [1.82, 2.24) is 0 Å². The SMILES string of the molecule is COc1ccc(NS(=O)(=O)O)c(C)c1. The van der Waals surface area contributed by atoms with Crippen LogP contribution in [0, 0.1) is 6.92 Å². The lowest BCUT2D eigenvalue weighted by Crippen LogP contribution is -2.11. The number of methoxy groups -OCH3 is 1. The third-order valence-corrected chi connectivity index (χ3v) is 2.15. The van der Waals surface area contributed by atoms with E-state index in [1.807, 2.05) is 4.72 Å². The Balaban J connectivity index is 3.01. The number of rotatable bonds is 3. The van der Waals surface area contributed by atoms with Gasteiger partial charge < -0.3 is 4.74 Å². The minimum absolute atomic E-state index is 0.327. The first-order chi connectivity index (χ1) is 6.42. The van der Waals surface area contributed by atoms with Gasteiger partial charge in [-0.15, -0.1) is 0 Å². The molecule has 2 N–H and O–H groups in total. The Morgan fingerprint density at radius 3 is 2.50 bits per heavy atom. The maximum atomic E-state index is 10.5. The van der Waals surface area contributed by atoms with Gasteiger partial charge in [0.2, 0.25) is 0 Å². The van der Waals surface area contributed by atoms with Crippen LogP contribution in [0.5, 0.6) is 5.75 Å². The molecule has 0 aliphatic rings. The number of hydrogen-bond acceptors (Lipinski definition) is 3. The van der Waals surface area contributed by atoms with Crippen molar-refractivity contribution in [3.05, 3.63) is 23.8 Å². The molecular formula is C8H11NO4S. The minimum atomic E-state index is -4.21. The lowest BCUT2D eigenvalue weighted by Gasteiger charge is -2.07. The molecular weight excluding hydrogens is 206 g/mol. The molecule has 0 aliphatic carbocycles. The monoisotopic (exact) mass is 217 g/mol. The Morgan fingerprint density at radius 2 is 2.07 bits per heavy atom. The summed E-state index contributed by atoms with van der Waals surface area (Å²) in [5.41, 5.74) is 0.996. The van der Waals surface area contributed by atoms with Crippen LogP contribution in [-0.4, -0.2) is 20.1 Å². The van der Waals surface area contributed by atoms with Crippen molar-refractivity contribution in [1.29, 1.82) is 0 Å². The van der Waals surface area contributed by atoms with Gasteiger partial charge in [0.05, 0.1) is 12.8 Å². The molecule has 0 atom stereocenters. The molecule has 0 bridgehead atoms. The van der Waals surface area contributed by atoms with Crippen LogP contribution in [0.3, 0.4) is 0 Å². The fraction of sp³-hybridized carbons (Fsp3) is 0.250. The molecule has 6 heteroatoms. The topological polar surface area (TPSA) is 75.6 Å². The summed E-state index contributed by atoms with van der Waals surface area (Å²) in [5, 5.41) is 0. The van der Waals surface area contributed by atoms with Crippen molar-refractivity contribution in [3.63, 3.8) is 0 Å². The molecule has 0 spiro atoms. The van der Waals surface area contributed by atoms with Gasteiger partial charge in [-0.2, -0.15) is 8.42 Å². The van der Waals surface area contributed by atoms with Gasteiger partial charge in [-0.05, 0) is 30.7 Å². The van der Waals surface area contributed by atoms with E-state index in [9.17, 15) is 8.42 Å². The van der Waals surface area contributed by atoms with Crippen LogP contribution in [0.1, 0.15) is 5.56 Å². The number of aryl methyl sites for hydroxylation is 1. The van der Waals surface area contributed by atoms with E-state index in [2.05, 4.69) is 0 Å². The maximum Gasteiger partial charge on any atom is 0.357 e. The Labute approximate surface area is 82.6 Å². The number of hydrogen-bond donors (Lipinski definition) is 2. The molecule has 0 fully saturated rings. The van der Waals surface area contributed by atoms with E-state index >= 15 is 0 Å². The van der Waals surface area contributed by atoms with Crippen LogP contribution >= 0.6 is 0 Å². The van der Waals surface area contributed by atoms with Crippen molar-refractivity contribution >= 4 is 16.0 Å². The van der Waals surface area contributed by atoms with Crippen LogP contribution in [-0.2, 0) is 10.3 Å². The van der Waals surface area contributed by atoms with E-state index in [1.54, 1.807) is 19.1 Å². The number of nitrogens with one attached hydrogen (secondary N) is 1. The highest BCUT2D eigenvalue weighted by molar-refractivity contribution is 7.87. The zero-order valence-electron chi connectivity index (χ0n) is 7.81. The summed E-state index contributed by atoms with van der Waals surface area (Å²) in [7, 11) is -2.69. The fourth-order valence-electron chi connectivity index (χ4n) is 1.02. The molecule has 1 aromatic rings. The van der Waals surface area contributed by atoms with Gasteiger partial charge in [0.15, 0.2) is 0 Å². The number of ether oxygens (including phenoxy) is 1. The molecule has 0 amide bonds. The molecule has 0 unspecified atom stereocenters. The predicted molar refractivity (Wildman–Crippen MR) is 52.9 cm³/mol. The summed E-state index contributed by atoms with van der Waals surface area (Å²) in [6.45, 7) is 1.70. The van der Waals surface area contributed by atoms with E-state index in [4.69, 9.17) is 9.29 Å². The molecule has 0 heterocycles. The van der Waals surface area contributed by atoms with Gasteiger partial charge in [0.25, 0.3) is 0 Å². The summed E-state index contributed by atoms with van der Waals surface area (Å²) in [5.74, 6) is 0.628.